The highest BCUT2D eigenvalue weighted by Gasteiger charge is 2.16. The lowest BCUT2D eigenvalue weighted by molar-refractivity contribution is 0.408. The van der Waals surface area contributed by atoms with Crippen LogP contribution in [0.2, 0.25) is 0 Å². The minimum absolute atomic E-state index is 0.191. The van der Waals surface area contributed by atoms with Crippen molar-refractivity contribution in [2.45, 2.75) is 59.4 Å². The summed E-state index contributed by atoms with van der Waals surface area (Å²) in [5, 5.41) is 8.02. The van der Waals surface area contributed by atoms with Crippen molar-refractivity contribution >= 4 is 16.3 Å². The van der Waals surface area contributed by atoms with Crippen LogP contribution >= 0.6 is 0 Å². The van der Waals surface area contributed by atoms with Crippen molar-refractivity contribution in [3.05, 3.63) is 70.2 Å². The topological polar surface area (TPSA) is 71.8 Å². The molecular formula is C24H33N3O. The van der Waals surface area contributed by atoms with Crippen LogP contribution in [0.1, 0.15) is 64.1 Å². The number of nitrogens with one attached hydrogen (secondary N) is 1. The highest BCUT2D eigenvalue weighted by atomic mass is 16.1. The molecule has 1 saturated carbocycles. The van der Waals surface area contributed by atoms with Crippen LogP contribution in [0.5, 0.6) is 0 Å². The standard InChI is InChI=1S/C22H27N3O.C2H6/c1-3-15(17-8-6-5-7-9-17)12-16(4-2)18-10-11-19-20(13-18)21(14-23)24-25-22(19)26;1-2/h3-4,10-13,17H,2,5-9,14,23H2,1H3,(H,25,26);1-2H3/b15-3+,16-12+;. The van der Waals surface area contributed by atoms with Gasteiger partial charge in [0, 0.05) is 11.9 Å². The first-order chi connectivity index (χ1) is 13.7. The Labute approximate surface area is 168 Å². The zero-order valence-electron chi connectivity index (χ0n) is 17.4. The molecule has 0 unspecified atom stereocenters. The molecular weight excluding hydrogens is 346 g/mol. The van der Waals surface area contributed by atoms with E-state index in [9.17, 15) is 4.79 Å². The van der Waals surface area contributed by atoms with Crippen LogP contribution in [0.4, 0.5) is 0 Å². The molecule has 3 N–H and O–H groups in total. The Kier molecular flexibility index (Phi) is 8.40. The molecule has 1 aliphatic carbocycles. The van der Waals surface area contributed by atoms with Gasteiger partial charge in [-0.3, -0.25) is 4.79 Å². The van der Waals surface area contributed by atoms with E-state index in [0.29, 0.717) is 17.0 Å². The van der Waals surface area contributed by atoms with Crippen LogP contribution in [0.15, 0.2) is 53.4 Å². The normalized spacial score (nSPS) is 15.9. The van der Waals surface area contributed by atoms with Gasteiger partial charge in [0.1, 0.15) is 0 Å². The van der Waals surface area contributed by atoms with E-state index in [-0.39, 0.29) is 12.1 Å². The molecule has 3 rings (SSSR count). The van der Waals surface area contributed by atoms with E-state index in [1.165, 1.54) is 37.7 Å². The van der Waals surface area contributed by atoms with Crippen LogP contribution in [0, 0.1) is 5.92 Å². The second-order valence-corrected chi connectivity index (χ2v) is 6.89. The summed E-state index contributed by atoms with van der Waals surface area (Å²) in [6, 6.07) is 5.82. The lowest BCUT2D eigenvalue weighted by atomic mass is 9.82. The maximum absolute atomic E-state index is 12.0. The average molecular weight is 380 g/mol. The van der Waals surface area contributed by atoms with Crippen molar-refractivity contribution < 1.29 is 0 Å². The smallest absolute Gasteiger partial charge is 0.272 e. The minimum atomic E-state index is -0.191. The molecule has 4 nitrogen and oxygen atoms in total. The van der Waals surface area contributed by atoms with Gasteiger partial charge in [0.05, 0.1) is 11.1 Å². The van der Waals surface area contributed by atoms with E-state index in [1.807, 2.05) is 38.1 Å². The maximum atomic E-state index is 12.0. The molecule has 150 valence electrons. The van der Waals surface area contributed by atoms with Crippen molar-refractivity contribution in [2.24, 2.45) is 11.7 Å². The highest BCUT2D eigenvalue weighted by Crippen LogP contribution is 2.32. The third-order valence-electron chi connectivity index (χ3n) is 5.35. The number of nitrogens with zero attached hydrogens (tertiary/aromatic N) is 1. The molecule has 0 atom stereocenters. The first-order valence-corrected chi connectivity index (χ1v) is 10.4. The molecule has 0 spiro atoms. The Bertz CT molecular complexity index is 915. The molecule has 1 aromatic carbocycles. The third kappa shape index (κ3) is 4.87. The zero-order valence-corrected chi connectivity index (χ0v) is 17.4. The zero-order chi connectivity index (χ0) is 20.5. The first-order valence-electron chi connectivity index (χ1n) is 10.4. The van der Waals surface area contributed by atoms with E-state index in [4.69, 9.17) is 5.73 Å². The molecule has 1 heterocycles. The highest BCUT2D eigenvalue weighted by molar-refractivity contribution is 5.89. The lowest BCUT2D eigenvalue weighted by Gasteiger charge is -2.23. The Morgan fingerprint density at radius 1 is 1.25 bits per heavy atom. The fraction of sp³-hybridized carbons (Fsp3) is 0.417. The van der Waals surface area contributed by atoms with Crippen LogP contribution in [-0.2, 0) is 6.54 Å². The van der Waals surface area contributed by atoms with Crippen LogP contribution in [0.25, 0.3) is 16.3 Å². The van der Waals surface area contributed by atoms with Crippen molar-refractivity contribution in [2.75, 3.05) is 0 Å². The molecule has 4 heteroatoms. The average Bonchev–Trinajstić information content (AvgIpc) is 2.77. The summed E-state index contributed by atoms with van der Waals surface area (Å²) in [7, 11) is 0. The van der Waals surface area contributed by atoms with Gasteiger partial charge >= 0.3 is 0 Å². The molecule has 0 radical (unpaired) electrons. The Morgan fingerprint density at radius 3 is 2.57 bits per heavy atom. The fourth-order valence-electron chi connectivity index (χ4n) is 3.87. The van der Waals surface area contributed by atoms with E-state index >= 15 is 0 Å². The molecule has 0 amide bonds. The van der Waals surface area contributed by atoms with Gasteiger partial charge in [-0.1, -0.05) is 64.0 Å². The minimum Gasteiger partial charge on any atom is -0.325 e. The van der Waals surface area contributed by atoms with Gasteiger partial charge in [-0.15, -0.1) is 0 Å². The Morgan fingerprint density at radius 2 is 1.96 bits per heavy atom. The van der Waals surface area contributed by atoms with Gasteiger partial charge in [0.15, 0.2) is 0 Å². The summed E-state index contributed by atoms with van der Waals surface area (Å²) in [5.41, 5.74) is 9.78. The number of hydrogen-bond donors (Lipinski definition) is 2. The summed E-state index contributed by atoms with van der Waals surface area (Å²) in [6.45, 7) is 10.4. The van der Waals surface area contributed by atoms with Gasteiger partial charge < -0.3 is 5.73 Å². The quantitative estimate of drug-likeness (QED) is 0.673. The number of allylic oxidation sites excluding steroid dienone is 5. The number of fused-ring (bicyclic) bond motifs is 1. The van der Waals surface area contributed by atoms with E-state index in [2.05, 4.69) is 35.9 Å². The summed E-state index contributed by atoms with van der Waals surface area (Å²) >= 11 is 0. The molecule has 1 aromatic heterocycles. The Balaban J connectivity index is 0.00000136. The number of aromatic amines is 1. The third-order valence-corrected chi connectivity index (χ3v) is 5.35. The number of rotatable bonds is 5. The summed E-state index contributed by atoms with van der Waals surface area (Å²) in [5.74, 6) is 0.633. The second-order valence-electron chi connectivity index (χ2n) is 6.89. The van der Waals surface area contributed by atoms with Gasteiger partial charge in [0.2, 0.25) is 0 Å². The summed E-state index contributed by atoms with van der Waals surface area (Å²) < 4.78 is 0. The van der Waals surface area contributed by atoms with E-state index in [1.54, 1.807) is 0 Å². The summed E-state index contributed by atoms with van der Waals surface area (Å²) in [4.78, 5) is 12.0. The van der Waals surface area contributed by atoms with Crippen molar-refractivity contribution in [3.8, 4) is 0 Å². The van der Waals surface area contributed by atoms with Gasteiger partial charge in [-0.05, 0) is 54.5 Å². The number of aromatic nitrogens is 2. The lowest BCUT2D eigenvalue weighted by Crippen LogP contribution is -2.13. The summed E-state index contributed by atoms with van der Waals surface area (Å²) in [6.07, 6.45) is 12.8. The largest absolute Gasteiger partial charge is 0.325 e. The Hall–Kier alpha value is -2.46. The van der Waals surface area contributed by atoms with Crippen molar-refractivity contribution in [3.63, 3.8) is 0 Å². The fourth-order valence-corrected chi connectivity index (χ4v) is 3.87. The number of nitrogens with two attached hydrogens (primary N) is 1. The monoisotopic (exact) mass is 379 g/mol. The molecule has 2 aromatic rings. The van der Waals surface area contributed by atoms with Crippen molar-refractivity contribution in [1.29, 1.82) is 0 Å². The van der Waals surface area contributed by atoms with E-state index < -0.39 is 0 Å². The van der Waals surface area contributed by atoms with Gasteiger partial charge in [-0.2, -0.15) is 5.10 Å². The molecule has 1 fully saturated rings. The van der Waals surface area contributed by atoms with Crippen LogP contribution < -0.4 is 11.3 Å². The SMILES string of the molecule is C=C/C(=C\C(=C/C)C1CCCCC1)c1ccc2c(=O)[nH]nc(CN)c2c1.CC. The predicted molar refractivity (Wildman–Crippen MR) is 120 cm³/mol. The first kappa shape index (κ1) is 21.8. The van der Waals surface area contributed by atoms with Crippen molar-refractivity contribution in [1.82, 2.24) is 10.2 Å². The molecule has 0 saturated heterocycles. The predicted octanol–water partition coefficient (Wildman–Crippen LogP) is 5.50. The number of H-pyrrole nitrogens is 1. The van der Waals surface area contributed by atoms with Gasteiger partial charge in [0.25, 0.3) is 5.56 Å². The molecule has 1 aliphatic rings. The molecule has 0 bridgehead atoms. The van der Waals surface area contributed by atoms with Crippen LogP contribution in [0.3, 0.4) is 0 Å². The number of hydrogen-bond acceptors (Lipinski definition) is 3. The second kappa shape index (κ2) is 10.8. The van der Waals surface area contributed by atoms with Gasteiger partial charge in [-0.25, -0.2) is 5.10 Å². The number of benzene rings is 1. The maximum Gasteiger partial charge on any atom is 0.272 e. The molecule has 28 heavy (non-hydrogen) atoms. The molecule has 0 aliphatic heterocycles. The van der Waals surface area contributed by atoms with E-state index in [0.717, 1.165) is 16.5 Å². The van der Waals surface area contributed by atoms with Crippen LogP contribution in [-0.4, -0.2) is 10.2 Å².